The summed E-state index contributed by atoms with van der Waals surface area (Å²) in [6.07, 6.45) is 0.956. The summed E-state index contributed by atoms with van der Waals surface area (Å²) in [6, 6.07) is 2.11. The zero-order valence-electron chi connectivity index (χ0n) is 11.7. The van der Waals surface area contributed by atoms with Gasteiger partial charge in [0.15, 0.2) is 0 Å². The molecule has 0 aliphatic carbocycles. The highest BCUT2D eigenvalue weighted by atomic mass is 32.1. The van der Waals surface area contributed by atoms with E-state index >= 15 is 0 Å². The van der Waals surface area contributed by atoms with Crippen LogP contribution in [0.5, 0.6) is 0 Å². The minimum atomic E-state index is 0.0625. The molecule has 0 aromatic carbocycles. The molecule has 2 heterocycles. The average molecular weight is 280 g/mol. The second-order valence-electron chi connectivity index (χ2n) is 6.32. The van der Waals surface area contributed by atoms with Gasteiger partial charge in [0, 0.05) is 28.0 Å². The van der Waals surface area contributed by atoms with Gasteiger partial charge in [-0.15, -0.1) is 11.3 Å². The van der Waals surface area contributed by atoms with Crippen LogP contribution in [0.4, 0.5) is 0 Å². The van der Waals surface area contributed by atoms with Gasteiger partial charge in [0.2, 0.25) is 0 Å². The van der Waals surface area contributed by atoms with Crippen LogP contribution >= 0.6 is 22.9 Å². The molecule has 0 spiro atoms. The van der Waals surface area contributed by atoms with E-state index in [4.69, 9.17) is 4.98 Å². The van der Waals surface area contributed by atoms with Crippen molar-refractivity contribution in [3.8, 4) is 0 Å². The van der Waals surface area contributed by atoms with Crippen molar-refractivity contribution in [2.45, 2.75) is 51.9 Å². The summed E-state index contributed by atoms with van der Waals surface area (Å²) in [5, 5.41) is 5.43. The largest absolute Gasteiger partial charge is 0.246 e. The fourth-order valence-corrected chi connectivity index (χ4v) is 3.69. The van der Waals surface area contributed by atoms with Crippen molar-refractivity contribution >= 4 is 22.9 Å². The maximum absolute atomic E-state index is 4.77. The molecule has 2 aromatic rings. The number of hydrogen-bond acceptors (Lipinski definition) is 4. The van der Waals surface area contributed by atoms with E-state index in [0.717, 1.165) is 6.42 Å². The zero-order chi connectivity index (χ0) is 13.4. The first kappa shape index (κ1) is 13.7. The summed E-state index contributed by atoms with van der Waals surface area (Å²) in [4.78, 5) is 4.77. The second kappa shape index (κ2) is 4.74. The summed E-state index contributed by atoms with van der Waals surface area (Å²) in [5.41, 5.74) is 2.56. The fraction of sp³-hybridized carbons (Fsp3) is 0.571. The van der Waals surface area contributed by atoms with Gasteiger partial charge >= 0.3 is 0 Å². The molecule has 18 heavy (non-hydrogen) atoms. The van der Waals surface area contributed by atoms with Crippen molar-refractivity contribution in [2.75, 3.05) is 0 Å². The Bertz CT molecular complexity index is 504. The van der Waals surface area contributed by atoms with Gasteiger partial charge in [-0.2, -0.15) is 4.37 Å². The number of rotatable bonds is 3. The predicted molar refractivity (Wildman–Crippen MR) is 79.7 cm³/mol. The van der Waals surface area contributed by atoms with Crippen molar-refractivity contribution in [3.63, 3.8) is 0 Å². The third-order valence-corrected chi connectivity index (χ3v) is 4.45. The molecular formula is C14H20N2S2. The zero-order valence-corrected chi connectivity index (χ0v) is 13.3. The Labute approximate surface area is 117 Å². The number of nitrogens with zero attached hydrogens (tertiary/aromatic N) is 2. The highest BCUT2D eigenvalue weighted by molar-refractivity contribution is 7.09. The first-order valence-corrected chi connectivity index (χ1v) is 7.86. The van der Waals surface area contributed by atoms with Gasteiger partial charge in [0.25, 0.3) is 0 Å². The molecule has 0 amide bonds. The molecule has 0 fully saturated rings. The standard InChI is InChI=1S/C14H20N2S2/c1-13(2,3)11-9-17-12(15-11)8-14(4,5)10-6-7-18-16-10/h6-7,9H,8H2,1-5H3. The van der Waals surface area contributed by atoms with Crippen molar-refractivity contribution in [1.29, 1.82) is 0 Å². The van der Waals surface area contributed by atoms with Crippen LogP contribution in [0.15, 0.2) is 16.8 Å². The van der Waals surface area contributed by atoms with E-state index in [1.165, 1.54) is 27.9 Å². The van der Waals surface area contributed by atoms with Crippen molar-refractivity contribution in [1.82, 2.24) is 9.36 Å². The summed E-state index contributed by atoms with van der Waals surface area (Å²) in [5.74, 6) is 0. The maximum Gasteiger partial charge on any atom is 0.0937 e. The molecule has 0 unspecified atom stereocenters. The van der Waals surface area contributed by atoms with E-state index < -0.39 is 0 Å². The van der Waals surface area contributed by atoms with E-state index in [-0.39, 0.29) is 10.8 Å². The number of aromatic nitrogens is 2. The topological polar surface area (TPSA) is 25.8 Å². The van der Waals surface area contributed by atoms with Crippen LogP contribution in [-0.4, -0.2) is 9.36 Å². The molecule has 2 aromatic heterocycles. The highest BCUT2D eigenvalue weighted by Gasteiger charge is 2.26. The molecule has 0 saturated carbocycles. The molecular weight excluding hydrogens is 260 g/mol. The van der Waals surface area contributed by atoms with Crippen molar-refractivity contribution in [2.24, 2.45) is 0 Å². The second-order valence-corrected chi connectivity index (χ2v) is 7.93. The van der Waals surface area contributed by atoms with Gasteiger partial charge in [0.05, 0.1) is 16.4 Å². The lowest BCUT2D eigenvalue weighted by Gasteiger charge is -2.21. The van der Waals surface area contributed by atoms with Crippen molar-refractivity contribution < 1.29 is 0 Å². The predicted octanol–water partition coefficient (Wildman–Crippen LogP) is 4.42. The summed E-state index contributed by atoms with van der Waals surface area (Å²) < 4.78 is 4.46. The lowest BCUT2D eigenvalue weighted by atomic mass is 9.86. The van der Waals surface area contributed by atoms with Crippen molar-refractivity contribution in [3.05, 3.63) is 33.2 Å². The van der Waals surface area contributed by atoms with Crippen LogP contribution < -0.4 is 0 Å². The lowest BCUT2D eigenvalue weighted by molar-refractivity contribution is 0.504. The minimum Gasteiger partial charge on any atom is -0.246 e. The van der Waals surface area contributed by atoms with Gasteiger partial charge in [-0.05, 0) is 17.6 Å². The lowest BCUT2D eigenvalue weighted by Crippen LogP contribution is -2.21. The molecule has 98 valence electrons. The molecule has 0 aliphatic rings. The summed E-state index contributed by atoms with van der Waals surface area (Å²) in [6.45, 7) is 11.1. The van der Waals surface area contributed by atoms with Gasteiger partial charge < -0.3 is 0 Å². The quantitative estimate of drug-likeness (QED) is 0.832. The van der Waals surface area contributed by atoms with Crippen LogP contribution in [-0.2, 0) is 17.3 Å². The Morgan fingerprint density at radius 2 is 1.83 bits per heavy atom. The Hall–Kier alpha value is -0.740. The Kier molecular flexibility index (Phi) is 3.60. The highest BCUT2D eigenvalue weighted by Crippen LogP contribution is 2.30. The molecule has 0 aliphatic heterocycles. The van der Waals surface area contributed by atoms with Gasteiger partial charge in [0.1, 0.15) is 0 Å². The molecule has 0 radical (unpaired) electrons. The van der Waals surface area contributed by atoms with Gasteiger partial charge in [-0.25, -0.2) is 4.98 Å². The molecule has 2 nitrogen and oxygen atoms in total. The van der Waals surface area contributed by atoms with Crippen LogP contribution in [0.3, 0.4) is 0 Å². The third-order valence-electron chi connectivity index (χ3n) is 3.04. The first-order chi connectivity index (χ1) is 8.29. The molecule has 2 rings (SSSR count). The molecule has 0 N–H and O–H groups in total. The fourth-order valence-electron chi connectivity index (χ4n) is 1.77. The summed E-state index contributed by atoms with van der Waals surface area (Å²) >= 11 is 3.28. The number of thiazole rings is 1. The maximum atomic E-state index is 4.77. The van der Waals surface area contributed by atoms with Gasteiger partial charge in [-0.1, -0.05) is 34.6 Å². The van der Waals surface area contributed by atoms with Crippen LogP contribution in [0.25, 0.3) is 0 Å². The molecule has 0 bridgehead atoms. The summed E-state index contributed by atoms with van der Waals surface area (Å²) in [7, 11) is 0. The SMILES string of the molecule is CC(C)(C)c1csc(CC(C)(C)c2ccsn2)n1. The molecule has 0 saturated heterocycles. The van der Waals surface area contributed by atoms with E-state index in [1.54, 1.807) is 11.3 Å². The Balaban J connectivity index is 2.17. The monoisotopic (exact) mass is 280 g/mol. The van der Waals surface area contributed by atoms with Crippen LogP contribution in [0, 0.1) is 0 Å². The van der Waals surface area contributed by atoms with E-state index in [2.05, 4.69) is 50.4 Å². The third kappa shape index (κ3) is 2.98. The first-order valence-electron chi connectivity index (χ1n) is 6.15. The average Bonchev–Trinajstić information content (AvgIpc) is 2.83. The van der Waals surface area contributed by atoms with Crippen LogP contribution in [0.2, 0.25) is 0 Å². The van der Waals surface area contributed by atoms with Crippen LogP contribution in [0.1, 0.15) is 51.0 Å². The smallest absolute Gasteiger partial charge is 0.0937 e. The normalized spacial score (nSPS) is 12.9. The molecule has 0 atom stereocenters. The molecule has 4 heteroatoms. The number of hydrogen-bond donors (Lipinski definition) is 0. The van der Waals surface area contributed by atoms with Gasteiger partial charge in [-0.3, -0.25) is 0 Å². The Morgan fingerprint density at radius 3 is 2.33 bits per heavy atom. The minimum absolute atomic E-state index is 0.0625. The Morgan fingerprint density at radius 1 is 1.11 bits per heavy atom. The van der Waals surface area contributed by atoms with E-state index in [1.807, 2.05) is 5.38 Å². The van der Waals surface area contributed by atoms with E-state index in [9.17, 15) is 0 Å². The van der Waals surface area contributed by atoms with E-state index in [0.29, 0.717) is 0 Å².